The van der Waals surface area contributed by atoms with Crippen molar-refractivity contribution in [2.24, 2.45) is 0 Å². The molecule has 0 saturated heterocycles. The van der Waals surface area contributed by atoms with Gasteiger partial charge in [0, 0.05) is 19.5 Å². The molecular formula is C56H114N2O. The Morgan fingerprint density at radius 1 is 0.237 bits per heavy atom. The van der Waals surface area contributed by atoms with Crippen LogP contribution in [0.25, 0.3) is 0 Å². The number of nitrogens with zero attached hydrogens (tertiary/aromatic N) is 2. The topological polar surface area (TPSA) is 23.6 Å². The molecule has 3 heteroatoms. The second kappa shape index (κ2) is 51.8. The first-order valence-electron chi connectivity index (χ1n) is 28.2. The van der Waals surface area contributed by atoms with E-state index >= 15 is 0 Å². The molecule has 3 nitrogen and oxygen atoms in total. The van der Waals surface area contributed by atoms with Crippen LogP contribution in [0.1, 0.15) is 323 Å². The van der Waals surface area contributed by atoms with Gasteiger partial charge in [0.05, 0.1) is 0 Å². The highest BCUT2D eigenvalue weighted by Gasteiger charge is 2.14. The fourth-order valence-corrected chi connectivity index (χ4v) is 9.24. The molecule has 354 valence electrons. The van der Waals surface area contributed by atoms with Crippen LogP contribution < -0.4 is 0 Å². The van der Waals surface area contributed by atoms with E-state index in [4.69, 9.17) is 0 Å². The minimum absolute atomic E-state index is 0.452. The molecule has 0 N–H and O–H groups in total. The molecular weight excluding hydrogens is 717 g/mol. The second-order valence-corrected chi connectivity index (χ2v) is 19.5. The molecule has 0 radical (unpaired) electrons. The zero-order valence-corrected chi connectivity index (χ0v) is 41.9. The van der Waals surface area contributed by atoms with Gasteiger partial charge in [0.15, 0.2) is 0 Å². The van der Waals surface area contributed by atoms with E-state index < -0.39 is 0 Å². The quantitative estimate of drug-likeness (QED) is 0.0570. The van der Waals surface area contributed by atoms with Crippen LogP contribution in [0.2, 0.25) is 0 Å². The molecule has 0 heterocycles. The molecule has 0 aromatic heterocycles. The Kier molecular flexibility index (Phi) is 51.3. The van der Waals surface area contributed by atoms with Crippen LogP contribution in [0, 0.1) is 0 Å². The van der Waals surface area contributed by atoms with Gasteiger partial charge in [0.25, 0.3) is 0 Å². The molecule has 0 unspecified atom stereocenters. The summed E-state index contributed by atoms with van der Waals surface area (Å²) in [4.78, 5) is 18.8. The average molecular weight is 832 g/mol. The lowest BCUT2D eigenvalue weighted by molar-refractivity contribution is -0.131. The predicted octanol–water partition coefficient (Wildman–Crippen LogP) is 19.1. The molecule has 0 atom stereocenters. The Morgan fingerprint density at radius 2 is 0.424 bits per heavy atom. The number of amides is 1. The summed E-state index contributed by atoms with van der Waals surface area (Å²) in [6, 6.07) is 0. The molecule has 0 spiro atoms. The van der Waals surface area contributed by atoms with Gasteiger partial charge in [-0.15, -0.1) is 0 Å². The second-order valence-electron chi connectivity index (χ2n) is 19.5. The molecule has 0 aromatic rings. The molecule has 59 heavy (non-hydrogen) atoms. The molecule has 0 aromatic carbocycles. The first kappa shape index (κ1) is 58.4. The van der Waals surface area contributed by atoms with E-state index in [1.54, 1.807) is 0 Å². The molecule has 0 fully saturated rings. The van der Waals surface area contributed by atoms with Crippen LogP contribution in [-0.4, -0.2) is 48.4 Å². The largest absolute Gasteiger partial charge is 0.343 e. The minimum Gasteiger partial charge on any atom is -0.343 e. The van der Waals surface area contributed by atoms with E-state index in [2.05, 4.69) is 37.5 Å². The zero-order chi connectivity index (χ0) is 42.8. The minimum atomic E-state index is 0.452. The lowest BCUT2D eigenvalue weighted by Gasteiger charge is -2.25. The first-order chi connectivity index (χ1) is 29.2. The van der Waals surface area contributed by atoms with Crippen LogP contribution in [0.5, 0.6) is 0 Å². The number of carbonyl (C=O) groups is 1. The van der Waals surface area contributed by atoms with E-state index in [1.807, 2.05) is 0 Å². The van der Waals surface area contributed by atoms with Crippen LogP contribution in [0.4, 0.5) is 0 Å². The smallest absolute Gasteiger partial charge is 0.222 e. The number of rotatable bonds is 52. The number of carbonyl (C=O) groups excluding carboxylic acids is 1. The summed E-state index contributed by atoms with van der Waals surface area (Å²) in [5, 5.41) is 0. The summed E-state index contributed by atoms with van der Waals surface area (Å²) in [6.45, 7) is 14.8. The molecule has 0 saturated carbocycles. The van der Waals surface area contributed by atoms with Gasteiger partial charge in [-0.25, -0.2) is 0 Å². The Labute approximate surface area is 374 Å². The van der Waals surface area contributed by atoms with Crippen molar-refractivity contribution in [1.29, 1.82) is 0 Å². The van der Waals surface area contributed by atoms with E-state index in [9.17, 15) is 4.79 Å². The summed E-state index contributed by atoms with van der Waals surface area (Å²) in [5.74, 6) is 0.452. The maximum Gasteiger partial charge on any atom is 0.222 e. The standard InChI is InChI=1S/C56H114N2O/c1-5-9-13-17-21-25-29-33-37-41-45-51-57(52-46-42-38-34-30-26-22-18-14-10-6-2)53-49-50-56(59)58(54-47-43-39-35-31-27-23-19-15-11-7-3)55-48-44-40-36-32-28-24-20-16-12-8-4/h5-55H2,1-4H3. The van der Waals surface area contributed by atoms with Crippen molar-refractivity contribution in [3.8, 4) is 0 Å². The highest BCUT2D eigenvalue weighted by molar-refractivity contribution is 5.76. The van der Waals surface area contributed by atoms with Gasteiger partial charge in [0.2, 0.25) is 5.91 Å². The van der Waals surface area contributed by atoms with Gasteiger partial charge in [-0.3, -0.25) is 4.79 Å². The third-order valence-corrected chi connectivity index (χ3v) is 13.4. The van der Waals surface area contributed by atoms with E-state index in [0.717, 1.165) is 32.5 Å². The van der Waals surface area contributed by atoms with Gasteiger partial charge in [0.1, 0.15) is 0 Å². The highest BCUT2D eigenvalue weighted by Crippen LogP contribution is 2.17. The third-order valence-electron chi connectivity index (χ3n) is 13.4. The Morgan fingerprint density at radius 3 is 0.661 bits per heavy atom. The van der Waals surface area contributed by atoms with E-state index in [0.29, 0.717) is 5.91 Å². The highest BCUT2D eigenvalue weighted by atomic mass is 16.2. The maximum atomic E-state index is 13.8. The van der Waals surface area contributed by atoms with Crippen LogP contribution in [-0.2, 0) is 4.79 Å². The lowest BCUT2D eigenvalue weighted by Crippen LogP contribution is -2.34. The molecule has 0 aliphatic rings. The normalized spacial score (nSPS) is 11.7. The van der Waals surface area contributed by atoms with Crippen LogP contribution in [0.3, 0.4) is 0 Å². The van der Waals surface area contributed by atoms with Crippen molar-refractivity contribution >= 4 is 5.91 Å². The monoisotopic (exact) mass is 831 g/mol. The summed E-state index contributed by atoms with van der Waals surface area (Å²) < 4.78 is 0. The molecule has 0 aliphatic heterocycles. The number of hydrogen-bond donors (Lipinski definition) is 0. The summed E-state index contributed by atoms with van der Waals surface area (Å²) in [7, 11) is 0. The van der Waals surface area contributed by atoms with E-state index in [-0.39, 0.29) is 0 Å². The fourth-order valence-electron chi connectivity index (χ4n) is 9.24. The number of hydrogen-bond acceptors (Lipinski definition) is 2. The van der Waals surface area contributed by atoms with Gasteiger partial charge in [-0.1, -0.05) is 285 Å². The number of unbranched alkanes of at least 4 members (excludes halogenated alkanes) is 40. The molecule has 0 aliphatic carbocycles. The van der Waals surface area contributed by atoms with Gasteiger partial charge < -0.3 is 9.80 Å². The van der Waals surface area contributed by atoms with Crippen LogP contribution >= 0.6 is 0 Å². The third kappa shape index (κ3) is 46.8. The molecule has 0 bridgehead atoms. The summed E-state index contributed by atoms with van der Waals surface area (Å²) in [5.41, 5.74) is 0. The first-order valence-corrected chi connectivity index (χ1v) is 28.2. The van der Waals surface area contributed by atoms with Crippen molar-refractivity contribution < 1.29 is 4.79 Å². The average Bonchev–Trinajstić information content (AvgIpc) is 3.24. The van der Waals surface area contributed by atoms with Crippen LogP contribution in [0.15, 0.2) is 0 Å². The van der Waals surface area contributed by atoms with Gasteiger partial charge >= 0.3 is 0 Å². The fraction of sp³-hybridized carbons (Fsp3) is 0.982. The van der Waals surface area contributed by atoms with Gasteiger partial charge in [-0.05, 0) is 51.7 Å². The Hall–Kier alpha value is -0.570. The van der Waals surface area contributed by atoms with Crippen molar-refractivity contribution in [2.75, 3.05) is 32.7 Å². The van der Waals surface area contributed by atoms with Crippen molar-refractivity contribution in [3.63, 3.8) is 0 Å². The SMILES string of the molecule is CCCCCCCCCCCCCN(CCCCCCCCCCCCC)CCCC(=O)N(CCCCCCCCCCCCC)CCCCCCCCCCCCC. The van der Waals surface area contributed by atoms with E-state index in [1.165, 1.54) is 296 Å². The Bertz CT molecular complexity index is 717. The Balaban J connectivity index is 4.76. The lowest BCUT2D eigenvalue weighted by atomic mass is 10.0. The van der Waals surface area contributed by atoms with Crippen molar-refractivity contribution in [1.82, 2.24) is 9.80 Å². The summed E-state index contributed by atoms with van der Waals surface area (Å²) in [6.07, 6.45) is 63.0. The predicted molar refractivity (Wildman–Crippen MR) is 268 cm³/mol. The zero-order valence-electron chi connectivity index (χ0n) is 41.9. The summed E-state index contributed by atoms with van der Waals surface area (Å²) >= 11 is 0. The van der Waals surface area contributed by atoms with Gasteiger partial charge in [-0.2, -0.15) is 0 Å². The molecule has 0 rings (SSSR count). The van der Waals surface area contributed by atoms with Crippen molar-refractivity contribution in [3.05, 3.63) is 0 Å². The molecule has 1 amide bonds. The maximum absolute atomic E-state index is 13.8. The van der Waals surface area contributed by atoms with Crippen molar-refractivity contribution in [2.45, 2.75) is 323 Å².